The van der Waals surface area contributed by atoms with Crippen molar-refractivity contribution in [3.63, 3.8) is 0 Å². The SMILES string of the molecule is C=CCN(CCO)C(=O)c1cccc(O)c1O. The third kappa shape index (κ3) is 2.98. The number of aliphatic hydroxyl groups excluding tert-OH is 1. The number of aliphatic hydroxyl groups is 1. The average molecular weight is 237 g/mol. The van der Waals surface area contributed by atoms with E-state index in [0.717, 1.165) is 0 Å². The predicted molar refractivity (Wildman–Crippen MR) is 63.0 cm³/mol. The number of phenols is 2. The number of carbonyl (C=O) groups excluding carboxylic acids is 1. The standard InChI is InChI=1S/C12H15NO4/c1-2-6-13(7-8-14)12(17)9-4-3-5-10(15)11(9)16/h2-5,14-16H,1,6-8H2. The van der Waals surface area contributed by atoms with Gasteiger partial charge in [0, 0.05) is 13.1 Å². The first-order chi connectivity index (χ1) is 8.11. The van der Waals surface area contributed by atoms with Gasteiger partial charge in [0.2, 0.25) is 0 Å². The van der Waals surface area contributed by atoms with Crippen molar-refractivity contribution in [1.82, 2.24) is 4.90 Å². The zero-order valence-electron chi connectivity index (χ0n) is 9.33. The summed E-state index contributed by atoms with van der Waals surface area (Å²) in [5.74, 6) is -1.27. The molecule has 0 aliphatic carbocycles. The summed E-state index contributed by atoms with van der Waals surface area (Å²) in [5, 5.41) is 27.7. The molecule has 0 bridgehead atoms. The van der Waals surface area contributed by atoms with Crippen molar-refractivity contribution in [2.45, 2.75) is 0 Å². The Hall–Kier alpha value is -2.01. The molecular weight excluding hydrogens is 222 g/mol. The molecule has 0 unspecified atom stereocenters. The van der Waals surface area contributed by atoms with Gasteiger partial charge in [-0.15, -0.1) is 6.58 Å². The average Bonchev–Trinajstić information content (AvgIpc) is 2.31. The second-order valence-corrected chi connectivity index (χ2v) is 3.44. The van der Waals surface area contributed by atoms with E-state index in [1.165, 1.54) is 29.2 Å². The summed E-state index contributed by atoms with van der Waals surface area (Å²) >= 11 is 0. The van der Waals surface area contributed by atoms with E-state index < -0.39 is 11.7 Å². The van der Waals surface area contributed by atoms with Crippen molar-refractivity contribution >= 4 is 5.91 Å². The number of aromatic hydroxyl groups is 2. The predicted octanol–water partition coefficient (Wildman–Crippen LogP) is 0.718. The van der Waals surface area contributed by atoms with E-state index in [2.05, 4.69) is 6.58 Å². The monoisotopic (exact) mass is 237 g/mol. The summed E-state index contributed by atoms with van der Waals surface area (Å²) in [6, 6.07) is 4.16. The Labute approximate surface area is 99.2 Å². The van der Waals surface area contributed by atoms with Crippen LogP contribution in [0.1, 0.15) is 10.4 Å². The summed E-state index contributed by atoms with van der Waals surface area (Å²) in [5.41, 5.74) is 0.000278. The quantitative estimate of drug-likeness (QED) is 0.520. The van der Waals surface area contributed by atoms with Gasteiger partial charge in [-0.05, 0) is 12.1 Å². The second-order valence-electron chi connectivity index (χ2n) is 3.44. The van der Waals surface area contributed by atoms with Gasteiger partial charge < -0.3 is 20.2 Å². The minimum Gasteiger partial charge on any atom is -0.504 e. The number of phenolic OH excluding ortho intramolecular Hbond substituents is 2. The van der Waals surface area contributed by atoms with Crippen molar-refractivity contribution in [1.29, 1.82) is 0 Å². The van der Waals surface area contributed by atoms with Crippen LogP contribution in [-0.2, 0) is 0 Å². The van der Waals surface area contributed by atoms with E-state index in [0.29, 0.717) is 0 Å². The fourth-order valence-corrected chi connectivity index (χ4v) is 1.43. The smallest absolute Gasteiger partial charge is 0.258 e. The molecule has 1 rings (SSSR count). The van der Waals surface area contributed by atoms with Crippen LogP contribution >= 0.6 is 0 Å². The van der Waals surface area contributed by atoms with Crippen LogP contribution in [0.15, 0.2) is 30.9 Å². The molecule has 0 heterocycles. The lowest BCUT2D eigenvalue weighted by Gasteiger charge is -2.20. The number of hydrogen-bond donors (Lipinski definition) is 3. The van der Waals surface area contributed by atoms with Crippen LogP contribution < -0.4 is 0 Å². The Kier molecular flexibility index (Phi) is 4.54. The third-order valence-electron chi connectivity index (χ3n) is 2.25. The molecule has 1 amide bonds. The maximum absolute atomic E-state index is 12.0. The van der Waals surface area contributed by atoms with Crippen LogP contribution in [0.4, 0.5) is 0 Å². The lowest BCUT2D eigenvalue weighted by molar-refractivity contribution is 0.0739. The van der Waals surface area contributed by atoms with E-state index in [1.807, 2.05) is 0 Å². The molecule has 0 radical (unpaired) electrons. The highest BCUT2D eigenvalue weighted by Crippen LogP contribution is 2.28. The Morgan fingerprint density at radius 2 is 2.12 bits per heavy atom. The van der Waals surface area contributed by atoms with E-state index in [1.54, 1.807) is 0 Å². The lowest BCUT2D eigenvalue weighted by atomic mass is 10.1. The van der Waals surface area contributed by atoms with Gasteiger partial charge in [0.1, 0.15) is 0 Å². The zero-order valence-corrected chi connectivity index (χ0v) is 9.33. The number of rotatable bonds is 5. The molecule has 0 fully saturated rings. The molecule has 0 atom stereocenters. The second kappa shape index (κ2) is 5.91. The summed E-state index contributed by atoms with van der Waals surface area (Å²) in [4.78, 5) is 13.3. The van der Waals surface area contributed by atoms with Crippen LogP contribution in [-0.4, -0.2) is 45.8 Å². The van der Waals surface area contributed by atoms with Crippen LogP contribution in [0.25, 0.3) is 0 Å². The van der Waals surface area contributed by atoms with Crippen molar-refractivity contribution in [3.05, 3.63) is 36.4 Å². The highest BCUT2D eigenvalue weighted by atomic mass is 16.3. The van der Waals surface area contributed by atoms with Gasteiger partial charge in [-0.3, -0.25) is 4.79 Å². The van der Waals surface area contributed by atoms with Gasteiger partial charge in [-0.25, -0.2) is 0 Å². The minimum absolute atomic E-state index is 0.000278. The molecule has 0 saturated carbocycles. The van der Waals surface area contributed by atoms with Crippen molar-refractivity contribution < 1.29 is 20.1 Å². The fourth-order valence-electron chi connectivity index (χ4n) is 1.43. The molecule has 0 spiro atoms. The highest BCUT2D eigenvalue weighted by molar-refractivity contribution is 5.97. The van der Waals surface area contributed by atoms with Gasteiger partial charge in [0.25, 0.3) is 5.91 Å². The molecule has 0 saturated heterocycles. The summed E-state index contributed by atoms with van der Waals surface area (Å²) in [6.45, 7) is 3.73. The topological polar surface area (TPSA) is 81.0 Å². The number of hydrogen-bond acceptors (Lipinski definition) is 4. The van der Waals surface area contributed by atoms with Crippen molar-refractivity contribution in [2.24, 2.45) is 0 Å². The number of nitrogens with zero attached hydrogens (tertiary/aromatic N) is 1. The van der Waals surface area contributed by atoms with E-state index in [-0.39, 0.29) is 31.0 Å². The van der Waals surface area contributed by atoms with Crippen LogP contribution in [0.5, 0.6) is 11.5 Å². The fraction of sp³-hybridized carbons (Fsp3) is 0.250. The minimum atomic E-state index is -0.465. The Balaban J connectivity index is 3.00. The lowest BCUT2D eigenvalue weighted by Crippen LogP contribution is -2.33. The zero-order chi connectivity index (χ0) is 12.8. The first-order valence-corrected chi connectivity index (χ1v) is 5.13. The molecular formula is C12H15NO4. The first kappa shape index (κ1) is 13.1. The molecule has 1 aromatic carbocycles. The van der Waals surface area contributed by atoms with Gasteiger partial charge in [0.15, 0.2) is 11.5 Å². The van der Waals surface area contributed by atoms with Gasteiger partial charge in [-0.2, -0.15) is 0 Å². The molecule has 1 aromatic rings. The van der Waals surface area contributed by atoms with Gasteiger partial charge in [0.05, 0.1) is 12.2 Å². The molecule has 0 aliphatic heterocycles. The Morgan fingerprint density at radius 1 is 1.41 bits per heavy atom. The Morgan fingerprint density at radius 3 is 2.71 bits per heavy atom. The van der Waals surface area contributed by atoms with E-state index in [4.69, 9.17) is 5.11 Å². The van der Waals surface area contributed by atoms with E-state index in [9.17, 15) is 15.0 Å². The van der Waals surface area contributed by atoms with E-state index >= 15 is 0 Å². The number of carbonyl (C=O) groups is 1. The number of benzene rings is 1. The van der Waals surface area contributed by atoms with Crippen molar-refractivity contribution in [2.75, 3.05) is 19.7 Å². The highest BCUT2D eigenvalue weighted by Gasteiger charge is 2.19. The number of para-hydroxylation sites is 1. The molecule has 5 heteroatoms. The van der Waals surface area contributed by atoms with Crippen molar-refractivity contribution in [3.8, 4) is 11.5 Å². The molecule has 17 heavy (non-hydrogen) atoms. The molecule has 0 aliphatic rings. The summed E-state index contributed by atoms with van der Waals surface area (Å²) < 4.78 is 0. The molecule has 92 valence electrons. The Bertz CT molecular complexity index is 417. The van der Waals surface area contributed by atoms with Crippen LogP contribution in [0.2, 0.25) is 0 Å². The number of amides is 1. The van der Waals surface area contributed by atoms with Gasteiger partial charge in [-0.1, -0.05) is 12.1 Å². The van der Waals surface area contributed by atoms with Crippen LogP contribution in [0.3, 0.4) is 0 Å². The van der Waals surface area contributed by atoms with Crippen LogP contribution in [0, 0.1) is 0 Å². The maximum atomic E-state index is 12.0. The largest absolute Gasteiger partial charge is 0.504 e. The first-order valence-electron chi connectivity index (χ1n) is 5.13. The summed E-state index contributed by atoms with van der Waals surface area (Å²) in [6.07, 6.45) is 1.52. The molecule has 0 aromatic heterocycles. The maximum Gasteiger partial charge on any atom is 0.258 e. The molecule has 5 nitrogen and oxygen atoms in total. The molecule has 3 N–H and O–H groups in total. The normalized spacial score (nSPS) is 9.94. The third-order valence-corrected chi connectivity index (χ3v) is 2.25. The summed E-state index contributed by atoms with van der Waals surface area (Å²) in [7, 11) is 0. The van der Waals surface area contributed by atoms with Gasteiger partial charge >= 0.3 is 0 Å².